The van der Waals surface area contributed by atoms with Gasteiger partial charge in [0.2, 0.25) is 5.91 Å². The zero-order valence-corrected chi connectivity index (χ0v) is 10.0. The second kappa shape index (κ2) is 5.48. The maximum absolute atomic E-state index is 12.2. The molecule has 1 aliphatic carbocycles. The number of carbonyl (C=O) groups excluding carboxylic acids is 1. The number of piperidine rings is 1. The Balaban J connectivity index is 1.84. The van der Waals surface area contributed by atoms with E-state index >= 15 is 0 Å². The highest BCUT2D eigenvalue weighted by molar-refractivity contribution is 5.79. The number of hydrogen-bond acceptors (Lipinski definition) is 2. The average Bonchev–Trinajstić information content (AvgIpc) is 2.39. The molecule has 2 rings (SSSR count). The van der Waals surface area contributed by atoms with E-state index in [4.69, 9.17) is 4.74 Å². The first-order valence-corrected chi connectivity index (χ1v) is 6.28. The third-order valence-electron chi connectivity index (χ3n) is 3.71. The van der Waals surface area contributed by atoms with Gasteiger partial charge in [-0.3, -0.25) is 4.79 Å². The fourth-order valence-corrected chi connectivity index (χ4v) is 2.59. The van der Waals surface area contributed by atoms with Gasteiger partial charge < -0.3 is 9.64 Å². The van der Waals surface area contributed by atoms with Crippen LogP contribution in [0.15, 0.2) is 12.2 Å². The van der Waals surface area contributed by atoms with Crippen LogP contribution >= 0.6 is 0 Å². The minimum Gasteiger partial charge on any atom is -0.381 e. The van der Waals surface area contributed by atoms with Crippen LogP contribution in [0.4, 0.5) is 0 Å². The fraction of sp³-hybridized carbons (Fsp3) is 0.769. The monoisotopic (exact) mass is 223 g/mol. The highest BCUT2D eigenvalue weighted by atomic mass is 16.5. The lowest BCUT2D eigenvalue weighted by atomic mass is 9.92. The van der Waals surface area contributed by atoms with Gasteiger partial charge in [-0.1, -0.05) is 12.2 Å². The Labute approximate surface area is 97.5 Å². The lowest BCUT2D eigenvalue weighted by Gasteiger charge is -2.34. The Morgan fingerprint density at radius 1 is 1.25 bits per heavy atom. The Bertz CT molecular complexity index is 267. The van der Waals surface area contributed by atoms with E-state index in [0.29, 0.717) is 12.0 Å². The minimum absolute atomic E-state index is 0.240. The third kappa shape index (κ3) is 2.64. The van der Waals surface area contributed by atoms with Crippen molar-refractivity contribution in [2.45, 2.75) is 38.2 Å². The van der Waals surface area contributed by atoms with Crippen molar-refractivity contribution in [3.05, 3.63) is 12.2 Å². The number of nitrogens with zero attached hydrogens (tertiary/aromatic N) is 1. The summed E-state index contributed by atoms with van der Waals surface area (Å²) in [5, 5.41) is 0. The molecule has 1 heterocycles. The van der Waals surface area contributed by atoms with Gasteiger partial charge in [0.1, 0.15) is 0 Å². The van der Waals surface area contributed by atoms with Crippen molar-refractivity contribution >= 4 is 5.91 Å². The van der Waals surface area contributed by atoms with Crippen LogP contribution in [0.3, 0.4) is 0 Å². The van der Waals surface area contributed by atoms with E-state index in [1.165, 1.54) is 0 Å². The van der Waals surface area contributed by atoms with Crippen LogP contribution in [0.25, 0.3) is 0 Å². The summed E-state index contributed by atoms with van der Waals surface area (Å²) in [7, 11) is 1.76. The van der Waals surface area contributed by atoms with Crippen LogP contribution in [0.2, 0.25) is 0 Å². The Hall–Kier alpha value is -0.830. The van der Waals surface area contributed by atoms with Gasteiger partial charge in [0.25, 0.3) is 0 Å². The molecule has 3 nitrogen and oxygen atoms in total. The summed E-state index contributed by atoms with van der Waals surface area (Å²) in [5.41, 5.74) is 0. The van der Waals surface area contributed by atoms with E-state index in [1.54, 1.807) is 7.11 Å². The molecule has 0 radical (unpaired) electrons. The molecule has 1 atom stereocenters. The Kier molecular flexibility index (Phi) is 3.99. The van der Waals surface area contributed by atoms with Crippen molar-refractivity contribution in [1.29, 1.82) is 0 Å². The molecule has 1 aliphatic heterocycles. The molecule has 1 amide bonds. The number of allylic oxidation sites excluding steroid dienone is 2. The summed E-state index contributed by atoms with van der Waals surface area (Å²) >= 11 is 0. The molecule has 16 heavy (non-hydrogen) atoms. The second-order valence-electron chi connectivity index (χ2n) is 4.74. The topological polar surface area (TPSA) is 29.5 Å². The molecule has 0 aromatic carbocycles. The van der Waals surface area contributed by atoms with Crippen LogP contribution in [-0.2, 0) is 9.53 Å². The number of methoxy groups -OCH3 is 1. The molecule has 1 fully saturated rings. The van der Waals surface area contributed by atoms with E-state index in [2.05, 4.69) is 12.2 Å². The molecule has 0 saturated carbocycles. The average molecular weight is 223 g/mol. The standard InChI is InChI=1S/C13H21NO2/c1-16-12-7-9-14(10-8-12)13(15)11-5-3-2-4-6-11/h2-3,11-12H,4-10H2,1H3. The van der Waals surface area contributed by atoms with Crippen LogP contribution in [0.1, 0.15) is 32.1 Å². The summed E-state index contributed by atoms with van der Waals surface area (Å²) in [5.74, 6) is 0.600. The van der Waals surface area contributed by atoms with E-state index in [1.807, 2.05) is 4.90 Å². The first-order chi connectivity index (χ1) is 7.81. The third-order valence-corrected chi connectivity index (χ3v) is 3.71. The van der Waals surface area contributed by atoms with Crippen molar-refractivity contribution in [3.8, 4) is 0 Å². The van der Waals surface area contributed by atoms with Crippen LogP contribution in [0.5, 0.6) is 0 Å². The molecule has 0 aromatic heterocycles. The van der Waals surface area contributed by atoms with E-state index in [-0.39, 0.29) is 5.92 Å². The Morgan fingerprint density at radius 2 is 2.00 bits per heavy atom. The molecule has 3 heteroatoms. The molecule has 0 N–H and O–H groups in total. The second-order valence-corrected chi connectivity index (χ2v) is 4.74. The molecular weight excluding hydrogens is 202 g/mol. The molecule has 0 spiro atoms. The predicted molar refractivity (Wildman–Crippen MR) is 63.1 cm³/mol. The van der Waals surface area contributed by atoms with E-state index < -0.39 is 0 Å². The van der Waals surface area contributed by atoms with Gasteiger partial charge >= 0.3 is 0 Å². The minimum atomic E-state index is 0.240. The lowest BCUT2D eigenvalue weighted by Crippen LogP contribution is -2.43. The van der Waals surface area contributed by atoms with Crippen molar-refractivity contribution in [1.82, 2.24) is 4.90 Å². The van der Waals surface area contributed by atoms with Gasteiger partial charge in [-0.25, -0.2) is 0 Å². The number of amides is 1. The van der Waals surface area contributed by atoms with Crippen LogP contribution < -0.4 is 0 Å². The summed E-state index contributed by atoms with van der Waals surface area (Å²) in [6.45, 7) is 1.75. The van der Waals surface area contributed by atoms with Crippen LogP contribution in [-0.4, -0.2) is 37.1 Å². The lowest BCUT2D eigenvalue weighted by molar-refractivity contribution is -0.138. The van der Waals surface area contributed by atoms with Gasteiger partial charge in [0.05, 0.1) is 6.10 Å². The quantitative estimate of drug-likeness (QED) is 0.670. The van der Waals surface area contributed by atoms with Crippen molar-refractivity contribution in [2.24, 2.45) is 5.92 Å². The molecular formula is C13H21NO2. The first-order valence-electron chi connectivity index (χ1n) is 6.28. The number of carbonyl (C=O) groups is 1. The summed E-state index contributed by atoms with van der Waals surface area (Å²) in [6, 6.07) is 0. The van der Waals surface area contributed by atoms with Gasteiger partial charge in [0.15, 0.2) is 0 Å². The van der Waals surface area contributed by atoms with Crippen molar-refractivity contribution in [2.75, 3.05) is 20.2 Å². The highest BCUT2D eigenvalue weighted by Crippen LogP contribution is 2.23. The SMILES string of the molecule is COC1CCN(C(=O)C2CC=CCC2)CC1. The summed E-state index contributed by atoms with van der Waals surface area (Å²) in [6.07, 6.45) is 9.69. The zero-order chi connectivity index (χ0) is 11.4. The smallest absolute Gasteiger partial charge is 0.226 e. The van der Waals surface area contributed by atoms with Gasteiger partial charge in [-0.05, 0) is 32.1 Å². The molecule has 1 unspecified atom stereocenters. The first kappa shape index (κ1) is 11.6. The predicted octanol–water partition coefficient (Wildman–Crippen LogP) is 1.98. The molecule has 1 saturated heterocycles. The number of ether oxygens (including phenoxy) is 1. The zero-order valence-electron chi connectivity index (χ0n) is 10.0. The molecule has 0 bridgehead atoms. The maximum Gasteiger partial charge on any atom is 0.226 e. The largest absolute Gasteiger partial charge is 0.381 e. The molecule has 90 valence electrons. The maximum atomic E-state index is 12.2. The fourth-order valence-electron chi connectivity index (χ4n) is 2.59. The highest BCUT2D eigenvalue weighted by Gasteiger charge is 2.27. The summed E-state index contributed by atoms with van der Waals surface area (Å²) < 4.78 is 5.32. The Morgan fingerprint density at radius 3 is 2.56 bits per heavy atom. The van der Waals surface area contributed by atoms with Crippen LogP contribution in [0, 0.1) is 5.92 Å². The van der Waals surface area contributed by atoms with E-state index in [0.717, 1.165) is 45.2 Å². The van der Waals surface area contributed by atoms with Gasteiger partial charge in [-0.15, -0.1) is 0 Å². The van der Waals surface area contributed by atoms with Gasteiger partial charge in [0, 0.05) is 26.1 Å². The van der Waals surface area contributed by atoms with Crippen molar-refractivity contribution in [3.63, 3.8) is 0 Å². The molecule has 2 aliphatic rings. The number of hydrogen-bond donors (Lipinski definition) is 0. The normalized spacial score (nSPS) is 27.1. The summed E-state index contributed by atoms with van der Waals surface area (Å²) in [4.78, 5) is 14.2. The number of rotatable bonds is 2. The van der Waals surface area contributed by atoms with Crippen molar-refractivity contribution < 1.29 is 9.53 Å². The molecule has 0 aromatic rings. The van der Waals surface area contributed by atoms with E-state index in [9.17, 15) is 4.79 Å². The van der Waals surface area contributed by atoms with Gasteiger partial charge in [-0.2, -0.15) is 0 Å². The number of likely N-dealkylation sites (tertiary alicyclic amines) is 1.